The number of rotatable bonds is 0. The Morgan fingerprint density at radius 2 is 1.17 bits per heavy atom. The molecule has 0 unspecified atom stereocenters. The molecule has 0 atom stereocenters. The van der Waals surface area contributed by atoms with Crippen molar-refractivity contribution in [3.63, 3.8) is 0 Å². The first-order valence-corrected chi connectivity index (χ1v) is 1.72. The van der Waals surface area contributed by atoms with Gasteiger partial charge in [0.1, 0.15) is 0 Å². The van der Waals surface area contributed by atoms with Gasteiger partial charge in [0.05, 0.1) is 5.60 Å². The van der Waals surface area contributed by atoms with E-state index in [0.717, 1.165) is 0 Å². The van der Waals surface area contributed by atoms with Crippen LogP contribution in [0.4, 0.5) is 0 Å². The Labute approximate surface area is 43.4 Å². The fourth-order valence-electron chi connectivity index (χ4n) is 0. The molecule has 40 valence electrons. The van der Waals surface area contributed by atoms with Crippen LogP contribution >= 0.6 is 0 Å². The summed E-state index contributed by atoms with van der Waals surface area (Å²) in [6, 6.07) is 0. The Morgan fingerprint density at radius 3 is 1.17 bits per heavy atom. The van der Waals surface area contributed by atoms with Gasteiger partial charge in [-0.3, -0.25) is 0 Å². The number of aliphatic hydroxyl groups is 1. The summed E-state index contributed by atoms with van der Waals surface area (Å²) in [6.45, 7) is 5.23. The van der Waals surface area contributed by atoms with Gasteiger partial charge in [0.25, 0.3) is 0 Å². The lowest BCUT2D eigenvalue weighted by Crippen LogP contribution is -2.10. The van der Waals surface area contributed by atoms with E-state index in [1.165, 1.54) is 0 Å². The first-order chi connectivity index (χ1) is 2.00. The predicted molar refractivity (Wildman–Crippen MR) is 33.3 cm³/mol. The predicted octanol–water partition coefficient (Wildman–Crippen LogP) is -0.674. The van der Waals surface area contributed by atoms with E-state index in [-0.39, 0.29) is 11.0 Å². The van der Waals surface area contributed by atoms with Crippen LogP contribution in [0.25, 0.3) is 0 Å². The quantitative estimate of drug-likeness (QED) is 0.406. The van der Waals surface area contributed by atoms with Gasteiger partial charge in [-0.05, 0) is 31.7 Å². The lowest BCUT2D eigenvalue weighted by atomic mass is 10.2. The Balaban J connectivity index is 0. The van der Waals surface area contributed by atoms with Crippen LogP contribution in [0.15, 0.2) is 0 Å². The summed E-state index contributed by atoms with van der Waals surface area (Å²) in [5.41, 5.74) is -0.500. The smallest absolute Gasteiger partial charge is 0.0563 e. The molecule has 0 aromatic carbocycles. The van der Waals surface area contributed by atoms with Gasteiger partial charge in [0.2, 0.25) is 0 Å². The Kier molecular flexibility index (Phi) is 3.74. The minimum absolute atomic E-state index is 0. The summed E-state index contributed by atoms with van der Waals surface area (Å²) in [7, 11) is 0. The standard InChI is InChI=1S/C4H10O.H4Si/c1-4(2,3)5;/h5H,1-3H3;1H4. The van der Waals surface area contributed by atoms with Crippen LogP contribution in [0.1, 0.15) is 20.8 Å². The van der Waals surface area contributed by atoms with Crippen LogP contribution in [0.2, 0.25) is 0 Å². The largest absolute Gasteiger partial charge is 0.391 e. The highest BCUT2D eigenvalue weighted by atomic mass is 28.1. The average molecular weight is 106 g/mol. The second-order valence-corrected chi connectivity index (χ2v) is 2.17. The molecule has 6 heavy (non-hydrogen) atoms. The van der Waals surface area contributed by atoms with Gasteiger partial charge in [-0.25, -0.2) is 0 Å². The molecule has 0 heterocycles. The normalized spacial score (nSPS) is 10.0. The molecular formula is C4H14OSi. The molecular weight excluding hydrogens is 92.1 g/mol. The van der Waals surface area contributed by atoms with Crippen molar-refractivity contribution >= 4 is 11.0 Å². The van der Waals surface area contributed by atoms with Gasteiger partial charge >= 0.3 is 0 Å². The third-order valence-corrected chi connectivity index (χ3v) is 0. The van der Waals surface area contributed by atoms with Crippen LogP contribution in [0.5, 0.6) is 0 Å². The van der Waals surface area contributed by atoms with E-state index in [4.69, 9.17) is 5.11 Å². The highest BCUT2D eigenvalue weighted by molar-refractivity contribution is 5.75. The van der Waals surface area contributed by atoms with E-state index in [2.05, 4.69) is 0 Å². The minimum Gasteiger partial charge on any atom is -0.391 e. The SMILES string of the molecule is CC(C)(C)O.[SiH4]. The van der Waals surface area contributed by atoms with Gasteiger partial charge in [-0.1, -0.05) is 0 Å². The van der Waals surface area contributed by atoms with Crippen molar-refractivity contribution in [1.82, 2.24) is 0 Å². The molecule has 0 amide bonds. The van der Waals surface area contributed by atoms with Crippen molar-refractivity contribution in [2.45, 2.75) is 26.4 Å². The zero-order valence-corrected chi connectivity index (χ0v) is 3.95. The molecule has 0 aromatic heterocycles. The fraction of sp³-hybridized carbons (Fsp3) is 1.00. The molecule has 0 spiro atoms. The Morgan fingerprint density at radius 1 is 1.17 bits per heavy atom. The summed E-state index contributed by atoms with van der Waals surface area (Å²) < 4.78 is 0. The molecule has 1 nitrogen and oxygen atoms in total. The third kappa shape index (κ3) is 1350. The maximum Gasteiger partial charge on any atom is 0.0563 e. The van der Waals surface area contributed by atoms with Crippen LogP contribution in [-0.2, 0) is 0 Å². The first-order valence-electron chi connectivity index (χ1n) is 1.72. The Bertz CT molecular complexity index is 23.0. The maximum absolute atomic E-state index is 8.52. The molecule has 1 N–H and O–H groups in total. The first kappa shape index (κ1) is 9.49. The summed E-state index contributed by atoms with van der Waals surface area (Å²) in [5.74, 6) is 0. The van der Waals surface area contributed by atoms with E-state index in [1.807, 2.05) is 0 Å². The molecule has 0 aliphatic carbocycles. The highest BCUT2D eigenvalue weighted by Crippen LogP contribution is 1.93. The summed E-state index contributed by atoms with van der Waals surface area (Å²) in [5, 5.41) is 8.52. The Hall–Kier alpha value is 0.177. The molecule has 0 aliphatic rings. The lowest BCUT2D eigenvalue weighted by molar-refractivity contribution is 0.102. The lowest BCUT2D eigenvalue weighted by Gasteiger charge is -2.04. The highest BCUT2D eigenvalue weighted by Gasteiger charge is 1.97. The summed E-state index contributed by atoms with van der Waals surface area (Å²) in [6.07, 6.45) is 0. The van der Waals surface area contributed by atoms with E-state index in [0.29, 0.717) is 0 Å². The second-order valence-electron chi connectivity index (χ2n) is 2.17. The van der Waals surface area contributed by atoms with E-state index in [1.54, 1.807) is 20.8 Å². The van der Waals surface area contributed by atoms with Crippen molar-refractivity contribution in [3.8, 4) is 0 Å². The fourth-order valence-corrected chi connectivity index (χ4v) is 0. The molecule has 0 aliphatic heterocycles. The van der Waals surface area contributed by atoms with Crippen molar-refractivity contribution in [1.29, 1.82) is 0 Å². The van der Waals surface area contributed by atoms with Gasteiger partial charge < -0.3 is 5.11 Å². The van der Waals surface area contributed by atoms with Crippen LogP contribution in [0, 0.1) is 0 Å². The van der Waals surface area contributed by atoms with Crippen molar-refractivity contribution in [2.75, 3.05) is 0 Å². The molecule has 0 rings (SSSR count). The molecule has 0 fully saturated rings. The van der Waals surface area contributed by atoms with Gasteiger partial charge in [-0.2, -0.15) is 0 Å². The molecule has 0 saturated heterocycles. The van der Waals surface area contributed by atoms with E-state index in [9.17, 15) is 0 Å². The average Bonchev–Trinajstić information content (AvgIpc) is 0.722. The van der Waals surface area contributed by atoms with Crippen molar-refractivity contribution in [3.05, 3.63) is 0 Å². The number of hydrogen-bond donors (Lipinski definition) is 1. The molecule has 2 heteroatoms. The number of hydrogen-bond acceptors (Lipinski definition) is 1. The topological polar surface area (TPSA) is 20.2 Å². The molecule has 0 saturated carbocycles. The third-order valence-electron chi connectivity index (χ3n) is 0. The van der Waals surface area contributed by atoms with Gasteiger partial charge in [-0.15, -0.1) is 0 Å². The van der Waals surface area contributed by atoms with Crippen molar-refractivity contribution in [2.24, 2.45) is 0 Å². The molecule has 0 aromatic rings. The minimum atomic E-state index is -0.500. The second kappa shape index (κ2) is 2.37. The van der Waals surface area contributed by atoms with Crippen LogP contribution in [0.3, 0.4) is 0 Å². The molecule has 0 bridgehead atoms. The van der Waals surface area contributed by atoms with Crippen molar-refractivity contribution < 1.29 is 5.11 Å². The van der Waals surface area contributed by atoms with E-state index >= 15 is 0 Å². The van der Waals surface area contributed by atoms with Crippen LogP contribution < -0.4 is 0 Å². The van der Waals surface area contributed by atoms with E-state index < -0.39 is 5.60 Å². The zero-order chi connectivity index (χ0) is 4.50. The molecule has 0 radical (unpaired) electrons. The maximum atomic E-state index is 8.52. The van der Waals surface area contributed by atoms with Gasteiger partial charge in [0, 0.05) is 0 Å². The zero-order valence-electron chi connectivity index (χ0n) is 3.95. The summed E-state index contributed by atoms with van der Waals surface area (Å²) >= 11 is 0. The van der Waals surface area contributed by atoms with Crippen LogP contribution in [-0.4, -0.2) is 21.7 Å². The summed E-state index contributed by atoms with van der Waals surface area (Å²) in [4.78, 5) is 0. The monoisotopic (exact) mass is 106 g/mol. The van der Waals surface area contributed by atoms with Gasteiger partial charge in [0.15, 0.2) is 0 Å².